The first-order valence-corrected chi connectivity index (χ1v) is 14.5. The lowest BCUT2D eigenvalue weighted by atomic mass is 9.91. The van der Waals surface area contributed by atoms with Gasteiger partial charge in [0.2, 0.25) is 0 Å². The molecule has 3 aromatic rings. The molecular weight excluding hydrogens is 546 g/mol. The molecule has 1 aliphatic heterocycles. The highest BCUT2D eigenvalue weighted by Gasteiger charge is 2.44. The Morgan fingerprint density at radius 3 is 2.33 bits per heavy atom. The highest BCUT2D eigenvalue weighted by atomic mass is 16.7. The molecule has 5 atom stereocenters. The molecule has 3 aromatic carbocycles. The highest BCUT2D eigenvalue weighted by Crippen LogP contribution is 2.54. The maximum Gasteiger partial charge on any atom is 0.258 e. The van der Waals surface area contributed by atoms with Crippen molar-refractivity contribution in [1.29, 1.82) is 0 Å². The molecule has 0 radical (unpaired) electrons. The first kappa shape index (κ1) is 29.0. The fourth-order valence-electron chi connectivity index (χ4n) is 6.34. The van der Waals surface area contributed by atoms with Crippen LogP contribution in [0.15, 0.2) is 72.3 Å². The smallest absolute Gasteiger partial charge is 0.258 e. The van der Waals surface area contributed by atoms with E-state index in [-0.39, 0.29) is 37.5 Å². The third-order valence-corrected chi connectivity index (χ3v) is 8.61. The molecule has 3 aliphatic rings. The molecule has 220 valence electrons. The van der Waals surface area contributed by atoms with Crippen LogP contribution in [-0.2, 0) is 19.1 Å². The Balaban J connectivity index is 1.34. The summed E-state index contributed by atoms with van der Waals surface area (Å²) in [6.45, 7) is 1.45. The van der Waals surface area contributed by atoms with E-state index in [2.05, 4.69) is 5.92 Å². The first-order chi connectivity index (χ1) is 20.9. The Kier molecular flexibility index (Phi) is 8.01. The van der Waals surface area contributed by atoms with Gasteiger partial charge in [-0.2, -0.15) is 0 Å². The van der Waals surface area contributed by atoms with E-state index >= 15 is 0 Å². The second kappa shape index (κ2) is 11.9. The van der Waals surface area contributed by atoms with Crippen molar-refractivity contribution in [2.75, 3.05) is 26.3 Å². The van der Waals surface area contributed by atoms with Gasteiger partial charge in [0.1, 0.15) is 12.2 Å². The summed E-state index contributed by atoms with van der Waals surface area (Å²) in [7, 11) is 0. The van der Waals surface area contributed by atoms with Crippen molar-refractivity contribution in [1.82, 2.24) is 4.90 Å². The number of fused-ring (bicyclic) bond motifs is 3. The molecule has 0 spiro atoms. The largest absolute Gasteiger partial charge is 0.394 e. The second-order valence-corrected chi connectivity index (χ2v) is 11.1. The van der Waals surface area contributed by atoms with Crippen LogP contribution in [0.2, 0.25) is 0 Å². The van der Waals surface area contributed by atoms with Crippen molar-refractivity contribution >= 4 is 39.2 Å². The molecule has 0 bridgehead atoms. The van der Waals surface area contributed by atoms with Crippen LogP contribution in [0.25, 0.3) is 27.5 Å². The van der Waals surface area contributed by atoms with Crippen LogP contribution in [0.1, 0.15) is 30.0 Å². The zero-order chi connectivity index (χ0) is 30.2. The van der Waals surface area contributed by atoms with Gasteiger partial charge in [-0.15, -0.1) is 12.3 Å². The standard InChI is InChI=1S/C35H33NO7/c1-3-4-16-36(17-18-42-35-32(39)20(2)31(38)25(19-37)43-35)34(41)30-29-24-15-9-13-21-12-8-14-23(26(21)24)28(29)27(33(30)40)22-10-6-5-7-11-22/h1,5-15,20,25,31-32,35,37-39H,4,16-19H2,2H3. The highest BCUT2D eigenvalue weighted by molar-refractivity contribution is 6.56. The number of hydrogen-bond donors (Lipinski definition) is 3. The number of rotatable bonds is 9. The van der Waals surface area contributed by atoms with E-state index in [1.165, 1.54) is 4.90 Å². The predicted octanol–water partition coefficient (Wildman–Crippen LogP) is 3.04. The number of carbonyl (C=O) groups is 2. The van der Waals surface area contributed by atoms with E-state index in [0.717, 1.165) is 33.0 Å². The van der Waals surface area contributed by atoms with Crippen molar-refractivity contribution in [2.24, 2.45) is 5.92 Å². The molecule has 2 aliphatic carbocycles. The van der Waals surface area contributed by atoms with Gasteiger partial charge in [0, 0.05) is 42.1 Å². The van der Waals surface area contributed by atoms with Crippen LogP contribution < -0.4 is 0 Å². The van der Waals surface area contributed by atoms with Crippen molar-refractivity contribution in [3.05, 3.63) is 89.0 Å². The van der Waals surface area contributed by atoms with Crippen LogP contribution >= 0.6 is 0 Å². The average molecular weight is 580 g/mol. The summed E-state index contributed by atoms with van der Waals surface area (Å²) >= 11 is 0. The lowest BCUT2D eigenvalue weighted by molar-refractivity contribution is -0.287. The number of benzene rings is 3. The minimum atomic E-state index is -1.13. The first-order valence-electron chi connectivity index (χ1n) is 14.5. The van der Waals surface area contributed by atoms with Gasteiger partial charge in [0.15, 0.2) is 12.1 Å². The van der Waals surface area contributed by atoms with Gasteiger partial charge in [0.25, 0.3) is 5.91 Å². The monoisotopic (exact) mass is 579 g/mol. The molecule has 3 N–H and O–H groups in total. The van der Waals surface area contributed by atoms with Gasteiger partial charge in [-0.25, -0.2) is 0 Å². The summed E-state index contributed by atoms with van der Waals surface area (Å²) in [4.78, 5) is 30.1. The number of allylic oxidation sites excluding steroid dienone is 3. The third-order valence-electron chi connectivity index (χ3n) is 8.61. The lowest BCUT2D eigenvalue weighted by Gasteiger charge is -2.40. The summed E-state index contributed by atoms with van der Waals surface area (Å²) in [5.74, 6) is 1.19. The van der Waals surface area contributed by atoms with E-state index in [1.807, 2.05) is 66.7 Å². The van der Waals surface area contributed by atoms with Gasteiger partial charge in [-0.3, -0.25) is 9.59 Å². The van der Waals surface area contributed by atoms with Crippen molar-refractivity contribution < 1.29 is 34.4 Å². The molecule has 5 unspecified atom stereocenters. The Hall–Kier alpha value is -4.10. The zero-order valence-electron chi connectivity index (χ0n) is 23.8. The van der Waals surface area contributed by atoms with Crippen LogP contribution in [0.4, 0.5) is 0 Å². The lowest BCUT2D eigenvalue weighted by Crippen LogP contribution is -2.55. The van der Waals surface area contributed by atoms with E-state index in [9.17, 15) is 24.9 Å². The maximum absolute atomic E-state index is 14.3. The Morgan fingerprint density at radius 1 is 0.953 bits per heavy atom. The molecule has 1 fully saturated rings. The van der Waals surface area contributed by atoms with Crippen LogP contribution in [0, 0.1) is 18.3 Å². The summed E-state index contributed by atoms with van der Waals surface area (Å²) in [5.41, 5.74) is 4.50. The molecule has 0 aromatic heterocycles. The quantitative estimate of drug-likeness (QED) is 0.264. The maximum atomic E-state index is 14.3. The van der Waals surface area contributed by atoms with Crippen molar-refractivity contribution in [3.63, 3.8) is 0 Å². The molecule has 8 heteroatoms. The minimum absolute atomic E-state index is 0.0303. The Labute approximate surface area is 249 Å². The van der Waals surface area contributed by atoms with Crippen LogP contribution in [0.3, 0.4) is 0 Å². The van der Waals surface area contributed by atoms with E-state index in [0.29, 0.717) is 11.1 Å². The van der Waals surface area contributed by atoms with Crippen molar-refractivity contribution in [3.8, 4) is 12.3 Å². The number of nitrogens with zero attached hydrogens (tertiary/aromatic N) is 1. The van der Waals surface area contributed by atoms with Crippen LogP contribution in [0.5, 0.6) is 0 Å². The summed E-state index contributed by atoms with van der Waals surface area (Å²) in [5, 5.41) is 32.4. The number of ketones is 1. The SMILES string of the molecule is C#CCCN(CCOC1OC(CO)C(O)C(C)C1O)C(=O)C1=C2C(=C(c3ccccc3)C1=O)c1cccc3cccc2c13. The fraction of sp³-hybridized carbons (Fsp3) is 0.314. The molecular formula is C35H33NO7. The Bertz CT molecular complexity index is 1680. The predicted molar refractivity (Wildman–Crippen MR) is 162 cm³/mol. The summed E-state index contributed by atoms with van der Waals surface area (Å²) in [6, 6.07) is 21.3. The van der Waals surface area contributed by atoms with Gasteiger partial charge in [-0.05, 0) is 27.5 Å². The molecule has 43 heavy (non-hydrogen) atoms. The van der Waals surface area contributed by atoms with Gasteiger partial charge >= 0.3 is 0 Å². The van der Waals surface area contributed by atoms with E-state index in [4.69, 9.17) is 15.9 Å². The number of amides is 1. The molecule has 8 nitrogen and oxygen atoms in total. The number of hydrogen-bond acceptors (Lipinski definition) is 7. The van der Waals surface area contributed by atoms with E-state index in [1.54, 1.807) is 6.92 Å². The molecule has 1 amide bonds. The molecule has 0 saturated carbocycles. The van der Waals surface area contributed by atoms with Gasteiger partial charge < -0.3 is 29.7 Å². The number of ether oxygens (including phenoxy) is 2. The fourth-order valence-corrected chi connectivity index (χ4v) is 6.34. The summed E-state index contributed by atoms with van der Waals surface area (Å²) in [6.07, 6.45) is 1.65. The number of aliphatic hydroxyl groups is 3. The second-order valence-electron chi connectivity index (χ2n) is 11.1. The topological polar surface area (TPSA) is 117 Å². The molecule has 6 rings (SSSR count). The normalized spacial score (nSPS) is 24.4. The van der Waals surface area contributed by atoms with Crippen molar-refractivity contribution in [2.45, 2.75) is 37.9 Å². The minimum Gasteiger partial charge on any atom is -0.394 e. The van der Waals surface area contributed by atoms with Gasteiger partial charge in [-0.1, -0.05) is 73.7 Å². The number of Topliss-reactive ketones (excluding diaryl/α,β-unsaturated/α-hetero) is 1. The third kappa shape index (κ3) is 4.89. The number of terminal acetylenes is 1. The molecule has 1 saturated heterocycles. The zero-order valence-corrected chi connectivity index (χ0v) is 23.8. The average Bonchev–Trinajstić information content (AvgIpc) is 3.51. The van der Waals surface area contributed by atoms with E-state index < -0.39 is 43.0 Å². The summed E-state index contributed by atoms with van der Waals surface area (Å²) < 4.78 is 11.4. The van der Waals surface area contributed by atoms with Gasteiger partial charge in [0.05, 0.1) is 24.9 Å². The number of aliphatic hydroxyl groups excluding tert-OH is 3. The molecule has 1 heterocycles. The number of carbonyl (C=O) groups excluding carboxylic acids is 2. The Morgan fingerprint density at radius 2 is 1.65 bits per heavy atom. The van der Waals surface area contributed by atoms with Crippen LogP contribution in [-0.4, -0.2) is 82.8 Å².